The van der Waals surface area contributed by atoms with E-state index >= 15 is 0 Å². The van der Waals surface area contributed by atoms with Gasteiger partial charge in [-0.1, -0.05) is 39.0 Å². The lowest BCUT2D eigenvalue weighted by Crippen LogP contribution is -2.45. The van der Waals surface area contributed by atoms with Crippen LogP contribution in [0.15, 0.2) is 42.5 Å². The number of morpholine rings is 1. The van der Waals surface area contributed by atoms with Gasteiger partial charge in [0.1, 0.15) is 11.6 Å². The summed E-state index contributed by atoms with van der Waals surface area (Å²) in [7, 11) is 0. The van der Waals surface area contributed by atoms with E-state index < -0.39 is 5.41 Å². The standard InChI is InChI=1S/C26H31FN2O4/c1-26(2,3)25(31)29-11-10-18-6-9-21(33-17-23(30)28-12-14-32-15-13-28)16-22(18)24(29)19-4-7-20(27)8-5-19/h4-9,16,24H,10-15,17H2,1-3H3. The summed E-state index contributed by atoms with van der Waals surface area (Å²) < 4.78 is 24.8. The average molecular weight is 455 g/mol. The Morgan fingerprint density at radius 3 is 2.42 bits per heavy atom. The molecule has 1 atom stereocenters. The minimum Gasteiger partial charge on any atom is -0.484 e. The number of rotatable bonds is 4. The van der Waals surface area contributed by atoms with Crippen LogP contribution in [0.25, 0.3) is 0 Å². The maximum Gasteiger partial charge on any atom is 0.260 e. The number of hydrogen-bond acceptors (Lipinski definition) is 4. The van der Waals surface area contributed by atoms with Gasteiger partial charge in [-0.3, -0.25) is 9.59 Å². The lowest BCUT2D eigenvalue weighted by atomic mass is 9.85. The molecular weight excluding hydrogens is 423 g/mol. The first kappa shape index (κ1) is 23.2. The fourth-order valence-electron chi connectivity index (χ4n) is 4.39. The van der Waals surface area contributed by atoms with E-state index in [1.807, 2.05) is 43.9 Å². The fourth-order valence-corrected chi connectivity index (χ4v) is 4.39. The number of carbonyl (C=O) groups is 2. The number of carbonyl (C=O) groups excluding carboxylic acids is 2. The molecule has 0 aliphatic carbocycles. The van der Waals surface area contributed by atoms with Gasteiger partial charge in [0.25, 0.3) is 5.91 Å². The van der Waals surface area contributed by atoms with Crippen LogP contribution in [0.1, 0.15) is 43.5 Å². The van der Waals surface area contributed by atoms with Crippen molar-refractivity contribution in [1.29, 1.82) is 0 Å². The van der Waals surface area contributed by atoms with E-state index in [9.17, 15) is 14.0 Å². The second-order valence-corrected chi connectivity index (χ2v) is 9.60. The zero-order chi connectivity index (χ0) is 23.6. The molecule has 0 N–H and O–H groups in total. The average Bonchev–Trinajstić information content (AvgIpc) is 2.81. The van der Waals surface area contributed by atoms with E-state index in [-0.39, 0.29) is 30.3 Å². The van der Waals surface area contributed by atoms with Crippen molar-refractivity contribution in [3.8, 4) is 5.75 Å². The molecule has 0 radical (unpaired) electrons. The van der Waals surface area contributed by atoms with Crippen LogP contribution in [-0.2, 0) is 20.7 Å². The van der Waals surface area contributed by atoms with Crippen LogP contribution < -0.4 is 4.74 Å². The smallest absolute Gasteiger partial charge is 0.260 e. The second kappa shape index (κ2) is 9.51. The van der Waals surface area contributed by atoms with Gasteiger partial charge in [0, 0.05) is 25.0 Å². The third-order valence-electron chi connectivity index (χ3n) is 6.16. The highest BCUT2D eigenvalue weighted by Crippen LogP contribution is 2.39. The summed E-state index contributed by atoms with van der Waals surface area (Å²) >= 11 is 0. The van der Waals surface area contributed by atoms with Gasteiger partial charge < -0.3 is 19.3 Å². The van der Waals surface area contributed by atoms with E-state index in [4.69, 9.17) is 9.47 Å². The Balaban J connectivity index is 1.62. The summed E-state index contributed by atoms with van der Waals surface area (Å²) in [5.41, 5.74) is 2.36. The van der Waals surface area contributed by atoms with Gasteiger partial charge in [-0.25, -0.2) is 4.39 Å². The molecule has 7 heteroatoms. The maximum absolute atomic E-state index is 13.6. The normalized spacial score (nSPS) is 18.6. The third-order valence-corrected chi connectivity index (χ3v) is 6.16. The molecule has 0 bridgehead atoms. The van der Waals surface area contributed by atoms with Crippen molar-refractivity contribution < 1.29 is 23.5 Å². The Labute approximate surface area is 194 Å². The van der Waals surface area contributed by atoms with E-state index in [1.165, 1.54) is 12.1 Å². The Bertz CT molecular complexity index is 1010. The molecule has 2 aliphatic rings. The Morgan fingerprint density at radius 1 is 1.06 bits per heavy atom. The highest BCUT2D eigenvalue weighted by Gasteiger charge is 2.37. The minimum absolute atomic E-state index is 0.0382. The Kier molecular flexibility index (Phi) is 6.70. The SMILES string of the molecule is CC(C)(C)C(=O)N1CCc2ccc(OCC(=O)N3CCOCC3)cc2C1c1ccc(F)cc1. The van der Waals surface area contributed by atoms with E-state index in [2.05, 4.69) is 0 Å². The van der Waals surface area contributed by atoms with Crippen molar-refractivity contribution in [2.24, 2.45) is 5.41 Å². The second-order valence-electron chi connectivity index (χ2n) is 9.60. The number of amides is 2. The number of benzene rings is 2. The van der Waals surface area contributed by atoms with Crippen molar-refractivity contribution in [2.75, 3.05) is 39.5 Å². The molecule has 0 aromatic heterocycles. The van der Waals surface area contributed by atoms with Crippen LogP contribution in [0.5, 0.6) is 5.75 Å². The number of hydrogen-bond donors (Lipinski definition) is 0. The topological polar surface area (TPSA) is 59.1 Å². The van der Waals surface area contributed by atoms with Gasteiger partial charge in [0.15, 0.2) is 6.61 Å². The molecule has 2 aromatic rings. The van der Waals surface area contributed by atoms with Crippen LogP contribution >= 0.6 is 0 Å². The molecule has 2 aliphatic heterocycles. The van der Waals surface area contributed by atoms with Gasteiger partial charge >= 0.3 is 0 Å². The van der Waals surface area contributed by atoms with Gasteiger partial charge in [0.05, 0.1) is 19.3 Å². The maximum atomic E-state index is 13.6. The molecule has 1 saturated heterocycles. The zero-order valence-electron chi connectivity index (χ0n) is 19.5. The fraction of sp³-hybridized carbons (Fsp3) is 0.462. The van der Waals surface area contributed by atoms with Gasteiger partial charge in [-0.05, 0) is 47.4 Å². The molecule has 2 aromatic carbocycles. The van der Waals surface area contributed by atoms with Crippen LogP contribution in [0, 0.1) is 11.2 Å². The Morgan fingerprint density at radius 2 is 1.76 bits per heavy atom. The first-order valence-electron chi connectivity index (χ1n) is 11.4. The van der Waals surface area contributed by atoms with Crippen molar-refractivity contribution >= 4 is 11.8 Å². The summed E-state index contributed by atoms with van der Waals surface area (Å²) in [6.45, 7) is 8.48. The molecule has 2 heterocycles. The number of nitrogens with zero attached hydrogens (tertiary/aromatic N) is 2. The molecule has 6 nitrogen and oxygen atoms in total. The monoisotopic (exact) mass is 454 g/mol. The largest absolute Gasteiger partial charge is 0.484 e. The van der Waals surface area contributed by atoms with Gasteiger partial charge in [-0.15, -0.1) is 0 Å². The molecule has 33 heavy (non-hydrogen) atoms. The molecule has 176 valence electrons. The Hall–Kier alpha value is -2.93. The van der Waals surface area contributed by atoms with Crippen LogP contribution in [0.3, 0.4) is 0 Å². The predicted octanol–water partition coefficient (Wildman–Crippen LogP) is 3.58. The highest BCUT2D eigenvalue weighted by molar-refractivity contribution is 5.83. The summed E-state index contributed by atoms with van der Waals surface area (Å²) in [5.74, 6) is 0.224. The number of halogens is 1. The molecule has 4 rings (SSSR count). The quantitative estimate of drug-likeness (QED) is 0.709. The van der Waals surface area contributed by atoms with Crippen LogP contribution in [0.2, 0.25) is 0 Å². The van der Waals surface area contributed by atoms with E-state index in [0.29, 0.717) is 38.6 Å². The van der Waals surface area contributed by atoms with E-state index in [0.717, 1.165) is 23.1 Å². The van der Waals surface area contributed by atoms with E-state index in [1.54, 1.807) is 17.0 Å². The lowest BCUT2D eigenvalue weighted by molar-refractivity contribution is -0.141. The molecule has 2 amide bonds. The number of ether oxygens (including phenoxy) is 2. The third kappa shape index (κ3) is 5.19. The van der Waals surface area contributed by atoms with Crippen molar-refractivity contribution in [2.45, 2.75) is 33.2 Å². The summed E-state index contributed by atoms with van der Waals surface area (Å²) in [6.07, 6.45) is 0.724. The minimum atomic E-state index is -0.547. The first-order chi connectivity index (χ1) is 15.7. The van der Waals surface area contributed by atoms with Gasteiger partial charge in [-0.2, -0.15) is 0 Å². The van der Waals surface area contributed by atoms with Gasteiger partial charge in [0.2, 0.25) is 5.91 Å². The molecule has 0 saturated carbocycles. The summed E-state index contributed by atoms with van der Waals surface area (Å²) in [6, 6.07) is 11.7. The van der Waals surface area contributed by atoms with Crippen molar-refractivity contribution in [3.05, 3.63) is 65.0 Å². The number of fused-ring (bicyclic) bond motifs is 1. The lowest BCUT2D eigenvalue weighted by Gasteiger charge is -2.41. The summed E-state index contributed by atoms with van der Waals surface area (Å²) in [5, 5.41) is 0. The first-order valence-corrected chi connectivity index (χ1v) is 11.4. The zero-order valence-corrected chi connectivity index (χ0v) is 19.5. The van der Waals surface area contributed by atoms with Crippen molar-refractivity contribution in [1.82, 2.24) is 9.80 Å². The summed E-state index contributed by atoms with van der Waals surface area (Å²) in [4.78, 5) is 29.4. The highest BCUT2D eigenvalue weighted by atomic mass is 19.1. The molecular formula is C26H31FN2O4. The molecule has 1 unspecified atom stereocenters. The van der Waals surface area contributed by atoms with Crippen LogP contribution in [0.4, 0.5) is 4.39 Å². The van der Waals surface area contributed by atoms with Crippen molar-refractivity contribution in [3.63, 3.8) is 0 Å². The van der Waals surface area contributed by atoms with Crippen LogP contribution in [-0.4, -0.2) is 61.1 Å². The molecule has 1 fully saturated rings. The molecule has 0 spiro atoms. The predicted molar refractivity (Wildman–Crippen MR) is 122 cm³/mol.